The number of aromatic nitrogens is 6. The normalized spacial score (nSPS) is 11.6. The van der Waals surface area contributed by atoms with Gasteiger partial charge in [-0.15, -0.1) is 11.3 Å². The van der Waals surface area contributed by atoms with Gasteiger partial charge in [-0.25, -0.2) is 15.0 Å². The zero-order valence-corrected chi connectivity index (χ0v) is 14.1. The van der Waals surface area contributed by atoms with Crippen LogP contribution in [0.3, 0.4) is 0 Å². The number of aryl methyl sites for hydroxylation is 2. The van der Waals surface area contributed by atoms with Crippen LogP contribution in [-0.2, 0) is 12.8 Å². The Labute approximate surface area is 139 Å². The Bertz CT molecular complexity index is 1080. The van der Waals surface area contributed by atoms with Crippen molar-refractivity contribution in [2.75, 3.05) is 0 Å². The van der Waals surface area contributed by atoms with Gasteiger partial charge in [0.05, 0.1) is 17.3 Å². The van der Waals surface area contributed by atoms with Gasteiger partial charge >= 0.3 is 0 Å². The molecule has 4 heterocycles. The highest BCUT2D eigenvalue weighted by molar-refractivity contribution is 7.98. The van der Waals surface area contributed by atoms with Crippen LogP contribution in [0, 0.1) is 6.92 Å². The Hall–Kier alpha value is -2.26. The zero-order chi connectivity index (χ0) is 16.0. The molecule has 4 rings (SSSR count). The molecule has 0 radical (unpaired) electrons. The van der Waals surface area contributed by atoms with E-state index in [1.54, 1.807) is 21.3 Å². The van der Waals surface area contributed by atoms with Gasteiger partial charge in [0, 0.05) is 29.9 Å². The minimum atomic E-state index is -0.0430. The lowest BCUT2D eigenvalue weighted by Crippen LogP contribution is -2.14. The van der Waals surface area contributed by atoms with Crippen LogP contribution >= 0.6 is 23.1 Å². The van der Waals surface area contributed by atoms with Crippen molar-refractivity contribution in [3.05, 3.63) is 45.7 Å². The van der Waals surface area contributed by atoms with E-state index in [2.05, 4.69) is 20.1 Å². The van der Waals surface area contributed by atoms with E-state index < -0.39 is 0 Å². The van der Waals surface area contributed by atoms with Crippen molar-refractivity contribution in [2.24, 2.45) is 7.05 Å². The minimum absolute atomic E-state index is 0.0430. The molecule has 0 bridgehead atoms. The summed E-state index contributed by atoms with van der Waals surface area (Å²) in [4.78, 5) is 26.0. The highest BCUT2D eigenvalue weighted by atomic mass is 32.2. The third-order valence-electron chi connectivity index (χ3n) is 3.48. The van der Waals surface area contributed by atoms with E-state index in [4.69, 9.17) is 0 Å². The lowest BCUT2D eigenvalue weighted by molar-refractivity contribution is 0.784. The summed E-state index contributed by atoms with van der Waals surface area (Å²) in [5, 5.41) is 7.88. The average molecular weight is 344 g/mol. The predicted molar refractivity (Wildman–Crippen MR) is 89.9 cm³/mol. The summed E-state index contributed by atoms with van der Waals surface area (Å²) in [7, 11) is 1.85. The molecular weight excluding hydrogens is 332 g/mol. The summed E-state index contributed by atoms with van der Waals surface area (Å²) < 4.78 is 3.34. The molecule has 0 amide bonds. The molecule has 0 saturated carbocycles. The lowest BCUT2D eigenvalue weighted by Gasteiger charge is -2.03. The summed E-state index contributed by atoms with van der Waals surface area (Å²) in [6.07, 6.45) is 3.28. The first-order valence-corrected chi connectivity index (χ1v) is 8.72. The maximum Gasteiger partial charge on any atom is 0.258 e. The fourth-order valence-corrected chi connectivity index (χ4v) is 4.12. The number of thiazole rings is 1. The molecule has 7 nitrogen and oxygen atoms in total. The number of thioether (sulfide) groups is 1. The highest BCUT2D eigenvalue weighted by Crippen LogP contribution is 2.26. The number of hydrogen-bond donors (Lipinski definition) is 0. The third kappa shape index (κ3) is 2.41. The molecule has 4 aromatic heterocycles. The van der Waals surface area contributed by atoms with E-state index in [0.717, 1.165) is 32.4 Å². The van der Waals surface area contributed by atoms with E-state index in [-0.39, 0.29) is 5.56 Å². The summed E-state index contributed by atoms with van der Waals surface area (Å²) in [5.74, 6) is 0.573. The maximum atomic E-state index is 12.2. The zero-order valence-electron chi connectivity index (χ0n) is 12.4. The minimum Gasteiger partial charge on any atom is -0.269 e. The Morgan fingerprint density at radius 1 is 1.35 bits per heavy atom. The van der Waals surface area contributed by atoms with Crippen molar-refractivity contribution in [1.29, 1.82) is 0 Å². The molecule has 0 spiro atoms. The van der Waals surface area contributed by atoms with E-state index >= 15 is 0 Å². The molecule has 0 atom stereocenters. The van der Waals surface area contributed by atoms with Gasteiger partial charge in [-0.2, -0.15) is 5.10 Å². The highest BCUT2D eigenvalue weighted by Gasteiger charge is 2.11. The van der Waals surface area contributed by atoms with Crippen LogP contribution in [0.5, 0.6) is 0 Å². The molecule has 0 aliphatic heterocycles. The number of nitrogens with zero attached hydrogens (tertiary/aromatic N) is 6. The molecule has 23 heavy (non-hydrogen) atoms. The van der Waals surface area contributed by atoms with Crippen LogP contribution in [0.4, 0.5) is 0 Å². The fourth-order valence-electron chi connectivity index (χ4n) is 2.37. The third-order valence-corrected chi connectivity index (χ3v) is 5.46. The van der Waals surface area contributed by atoms with Crippen LogP contribution in [0.15, 0.2) is 33.8 Å². The van der Waals surface area contributed by atoms with Gasteiger partial charge in [-0.3, -0.25) is 13.9 Å². The van der Waals surface area contributed by atoms with Crippen LogP contribution in [-0.4, -0.2) is 29.1 Å². The van der Waals surface area contributed by atoms with E-state index in [9.17, 15) is 4.79 Å². The summed E-state index contributed by atoms with van der Waals surface area (Å²) in [5.41, 5.74) is 2.41. The molecule has 0 fully saturated rings. The predicted octanol–water partition coefficient (Wildman–Crippen LogP) is 2.03. The molecule has 0 N–H and O–H groups in total. The van der Waals surface area contributed by atoms with Crippen molar-refractivity contribution in [1.82, 2.24) is 29.1 Å². The molecule has 0 aliphatic carbocycles. The quantitative estimate of drug-likeness (QED) is 0.418. The molecule has 4 aromatic rings. The van der Waals surface area contributed by atoms with Crippen molar-refractivity contribution >= 4 is 39.1 Å². The first-order valence-electron chi connectivity index (χ1n) is 6.86. The van der Waals surface area contributed by atoms with Gasteiger partial charge in [0.15, 0.2) is 10.6 Å². The van der Waals surface area contributed by atoms with Gasteiger partial charge in [-0.05, 0) is 6.92 Å². The first-order chi connectivity index (χ1) is 11.1. The lowest BCUT2D eigenvalue weighted by atomic mass is 10.4. The average Bonchev–Trinajstić information content (AvgIpc) is 3.10. The molecule has 9 heteroatoms. The van der Waals surface area contributed by atoms with Gasteiger partial charge < -0.3 is 0 Å². The van der Waals surface area contributed by atoms with Gasteiger partial charge in [-0.1, -0.05) is 11.8 Å². The SMILES string of the molecule is Cc1csc2nc(CSc3ncnc4c3cnn4C)cc(=O)n12. The Morgan fingerprint density at radius 3 is 3.09 bits per heavy atom. The molecule has 0 aromatic carbocycles. The summed E-state index contributed by atoms with van der Waals surface area (Å²) in [6, 6.07) is 1.58. The number of fused-ring (bicyclic) bond motifs is 2. The number of hydrogen-bond acceptors (Lipinski definition) is 7. The maximum absolute atomic E-state index is 12.2. The summed E-state index contributed by atoms with van der Waals surface area (Å²) >= 11 is 3.00. The van der Waals surface area contributed by atoms with Crippen molar-refractivity contribution in [2.45, 2.75) is 17.7 Å². The van der Waals surface area contributed by atoms with Gasteiger partial charge in [0.25, 0.3) is 5.56 Å². The standard InChI is InChI=1S/C14H12N6OS2/c1-8-5-23-14-18-9(3-11(21)20(8)14)6-22-13-10-4-17-19(2)12(10)15-7-16-13/h3-5,7H,6H2,1-2H3. The Balaban J connectivity index is 1.67. The number of rotatable bonds is 3. The molecule has 0 aliphatic rings. The first kappa shape index (κ1) is 14.3. The van der Waals surface area contributed by atoms with E-state index in [1.807, 2.05) is 19.4 Å². The van der Waals surface area contributed by atoms with Gasteiger partial charge in [0.1, 0.15) is 11.4 Å². The topological polar surface area (TPSA) is 78.0 Å². The van der Waals surface area contributed by atoms with Crippen LogP contribution in [0.1, 0.15) is 11.4 Å². The molecule has 0 unspecified atom stereocenters. The van der Waals surface area contributed by atoms with Gasteiger partial charge in [0.2, 0.25) is 0 Å². The smallest absolute Gasteiger partial charge is 0.258 e. The molecular formula is C14H12N6OS2. The van der Waals surface area contributed by atoms with Crippen LogP contribution in [0.25, 0.3) is 16.0 Å². The van der Waals surface area contributed by atoms with E-state index in [1.165, 1.54) is 29.4 Å². The Kier molecular flexibility index (Phi) is 3.38. The second-order valence-corrected chi connectivity index (χ2v) is 6.85. The molecule has 0 saturated heterocycles. The van der Waals surface area contributed by atoms with Crippen molar-refractivity contribution in [3.63, 3.8) is 0 Å². The van der Waals surface area contributed by atoms with Crippen LogP contribution < -0.4 is 5.56 Å². The van der Waals surface area contributed by atoms with Crippen LogP contribution in [0.2, 0.25) is 0 Å². The van der Waals surface area contributed by atoms with Crippen molar-refractivity contribution in [3.8, 4) is 0 Å². The molecule has 116 valence electrons. The summed E-state index contributed by atoms with van der Waals surface area (Å²) in [6.45, 7) is 1.90. The monoisotopic (exact) mass is 344 g/mol. The second kappa shape index (κ2) is 5.43. The van der Waals surface area contributed by atoms with Crippen molar-refractivity contribution < 1.29 is 0 Å². The van der Waals surface area contributed by atoms with E-state index in [0.29, 0.717) is 5.75 Å². The second-order valence-electron chi connectivity index (χ2n) is 5.05. The largest absolute Gasteiger partial charge is 0.269 e. The fraction of sp³-hybridized carbons (Fsp3) is 0.214. The Morgan fingerprint density at radius 2 is 2.22 bits per heavy atom.